The van der Waals surface area contributed by atoms with Gasteiger partial charge in [0.25, 0.3) is 0 Å². The lowest BCUT2D eigenvalue weighted by atomic mass is 10.2. The lowest BCUT2D eigenvalue weighted by molar-refractivity contribution is -0.118. The van der Waals surface area contributed by atoms with E-state index in [0.717, 1.165) is 6.07 Å². The number of halogens is 2. The maximum Gasteiger partial charge on any atom is 0.335 e. The van der Waals surface area contributed by atoms with Gasteiger partial charge >= 0.3 is 5.22 Å². The standard InChI is InChI=1S/C12H11ClFN3O4S/c13-5-10(18)15-6-11-16-17-12(21-11)22(19,20)7-8-3-1-2-4-9(8)14/h1-4H,5-7H2,(H,15,18). The Hall–Kier alpha value is -2.00. The number of sulfone groups is 1. The average molecular weight is 348 g/mol. The lowest BCUT2D eigenvalue weighted by Crippen LogP contribution is -2.23. The van der Waals surface area contributed by atoms with Crippen LogP contribution >= 0.6 is 11.6 Å². The first-order valence-electron chi connectivity index (χ1n) is 6.03. The fraction of sp³-hybridized carbons (Fsp3) is 0.250. The molecule has 0 aliphatic carbocycles. The van der Waals surface area contributed by atoms with Crippen molar-refractivity contribution in [3.63, 3.8) is 0 Å². The van der Waals surface area contributed by atoms with Crippen LogP contribution in [0.25, 0.3) is 0 Å². The van der Waals surface area contributed by atoms with Crippen LogP contribution < -0.4 is 5.32 Å². The topological polar surface area (TPSA) is 102 Å². The van der Waals surface area contributed by atoms with Gasteiger partial charge in [-0.15, -0.1) is 16.7 Å². The minimum Gasteiger partial charge on any atom is -0.411 e. The first kappa shape index (κ1) is 16.4. The van der Waals surface area contributed by atoms with Gasteiger partial charge in [-0.05, 0) is 6.07 Å². The molecule has 0 fully saturated rings. The minimum atomic E-state index is -3.98. The second-order valence-electron chi connectivity index (χ2n) is 4.22. The van der Waals surface area contributed by atoms with Crippen LogP contribution in [0, 0.1) is 5.82 Å². The average Bonchev–Trinajstić information content (AvgIpc) is 2.97. The van der Waals surface area contributed by atoms with E-state index in [9.17, 15) is 17.6 Å². The normalized spacial score (nSPS) is 11.4. The van der Waals surface area contributed by atoms with Crippen LogP contribution in [0.4, 0.5) is 4.39 Å². The number of amides is 1. The molecule has 0 saturated carbocycles. The molecule has 1 heterocycles. The van der Waals surface area contributed by atoms with Crippen molar-refractivity contribution in [3.8, 4) is 0 Å². The molecule has 1 aromatic heterocycles. The summed E-state index contributed by atoms with van der Waals surface area (Å²) in [5, 5.41) is 8.63. The molecular formula is C12H11ClFN3O4S. The van der Waals surface area contributed by atoms with E-state index in [4.69, 9.17) is 16.0 Å². The van der Waals surface area contributed by atoms with Gasteiger partial charge in [0.2, 0.25) is 21.6 Å². The molecule has 1 N–H and O–H groups in total. The van der Waals surface area contributed by atoms with Gasteiger partial charge in [-0.3, -0.25) is 4.79 Å². The zero-order chi connectivity index (χ0) is 16.2. The number of carbonyl (C=O) groups excluding carboxylic acids is 1. The summed E-state index contributed by atoms with van der Waals surface area (Å²) in [6.45, 7) is -0.145. The number of hydrogen-bond acceptors (Lipinski definition) is 6. The third-order valence-electron chi connectivity index (χ3n) is 2.58. The molecule has 0 bridgehead atoms. The van der Waals surface area contributed by atoms with Crippen LogP contribution in [0.3, 0.4) is 0 Å². The third-order valence-corrected chi connectivity index (χ3v) is 4.21. The molecule has 1 amide bonds. The zero-order valence-electron chi connectivity index (χ0n) is 11.1. The molecule has 0 unspecified atom stereocenters. The van der Waals surface area contributed by atoms with Gasteiger partial charge in [0.1, 0.15) is 11.7 Å². The SMILES string of the molecule is O=C(CCl)NCc1nnc(S(=O)(=O)Cc2ccccc2F)o1. The van der Waals surface area contributed by atoms with E-state index in [1.165, 1.54) is 18.2 Å². The number of nitrogens with one attached hydrogen (secondary N) is 1. The predicted octanol–water partition coefficient (Wildman–Crippen LogP) is 1.04. The predicted molar refractivity (Wildman–Crippen MR) is 74.2 cm³/mol. The maximum absolute atomic E-state index is 13.5. The van der Waals surface area contributed by atoms with Gasteiger partial charge < -0.3 is 9.73 Å². The summed E-state index contributed by atoms with van der Waals surface area (Å²) in [6.07, 6.45) is 0. The van der Waals surface area contributed by atoms with Crippen LogP contribution in [0.5, 0.6) is 0 Å². The fourth-order valence-electron chi connectivity index (χ4n) is 1.54. The van der Waals surface area contributed by atoms with Gasteiger partial charge in [-0.2, -0.15) is 0 Å². The molecule has 2 aromatic rings. The quantitative estimate of drug-likeness (QED) is 0.783. The summed E-state index contributed by atoms with van der Waals surface area (Å²) in [7, 11) is -3.98. The van der Waals surface area contributed by atoms with Crippen LogP contribution in [0.1, 0.15) is 11.5 Å². The molecule has 0 spiro atoms. The monoisotopic (exact) mass is 347 g/mol. The van der Waals surface area contributed by atoms with Crippen LogP contribution in [0.15, 0.2) is 33.9 Å². The molecule has 22 heavy (non-hydrogen) atoms. The van der Waals surface area contributed by atoms with Crippen molar-refractivity contribution in [2.45, 2.75) is 17.5 Å². The number of carbonyl (C=O) groups is 1. The van der Waals surface area contributed by atoms with Crippen molar-refractivity contribution < 1.29 is 22.0 Å². The molecular weight excluding hydrogens is 337 g/mol. The van der Waals surface area contributed by atoms with E-state index in [1.807, 2.05) is 0 Å². The van der Waals surface area contributed by atoms with Crippen molar-refractivity contribution in [1.82, 2.24) is 15.5 Å². The lowest BCUT2D eigenvalue weighted by Gasteiger charge is -2.01. The summed E-state index contributed by atoms with van der Waals surface area (Å²) in [5.74, 6) is -2.04. The Morgan fingerprint density at radius 3 is 2.73 bits per heavy atom. The minimum absolute atomic E-state index is 0.00214. The van der Waals surface area contributed by atoms with Gasteiger partial charge in [-0.25, -0.2) is 12.8 Å². The largest absolute Gasteiger partial charge is 0.411 e. The number of benzene rings is 1. The number of alkyl halides is 1. The molecule has 0 aliphatic rings. The molecule has 0 saturated heterocycles. The second-order valence-corrected chi connectivity index (χ2v) is 6.36. The van der Waals surface area contributed by atoms with Gasteiger partial charge in [0.05, 0.1) is 12.3 Å². The van der Waals surface area contributed by atoms with Gasteiger partial charge in [0, 0.05) is 5.56 Å². The first-order valence-corrected chi connectivity index (χ1v) is 8.22. The van der Waals surface area contributed by atoms with Crippen molar-refractivity contribution in [2.75, 3.05) is 5.88 Å². The number of nitrogens with zero attached hydrogens (tertiary/aromatic N) is 2. The Labute approximate surface area is 130 Å². The smallest absolute Gasteiger partial charge is 0.335 e. The molecule has 10 heteroatoms. The van der Waals surface area contributed by atoms with E-state index < -0.39 is 32.5 Å². The Balaban J connectivity index is 2.12. The Kier molecular flexibility index (Phi) is 5.09. The Morgan fingerprint density at radius 1 is 1.32 bits per heavy atom. The first-order chi connectivity index (χ1) is 10.4. The summed E-state index contributed by atoms with van der Waals surface area (Å²) in [5.41, 5.74) is -0.00214. The molecule has 0 atom stereocenters. The maximum atomic E-state index is 13.5. The van der Waals surface area contributed by atoms with Gasteiger partial charge in [-0.1, -0.05) is 23.3 Å². The number of aromatic nitrogens is 2. The number of hydrogen-bond donors (Lipinski definition) is 1. The highest BCUT2D eigenvalue weighted by atomic mass is 35.5. The summed E-state index contributed by atoms with van der Waals surface area (Å²) in [4.78, 5) is 11.0. The van der Waals surface area contributed by atoms with Crippen molar-refractivity contribution in [2.24, 2.45) is 0 Å². The summed E-state index contributed by atoms with van der Waals surface area (Å²) >= 11 is 5.29. The van der Waals surface area contributed by atoms with Crippen molar-refractivity contribution in [3.05, 3.63) is 41.5 Å². The summed E-state index contributed by atoms with van der Waals surface area (Å²) in [6, 6.07) is 5.49. The summed E-state index contributed by atoms with van der Waals surface area (Å²) < 4.78 is 42.6. The molecule has 2 rings (SSSR count). The van der Waals surface area contributed by atoms with E-state index in [0.29, 0.717) is 0 Å². The molecule has 0 radical (unpaired) electrons. The molecule has 0 aliphatic heterocycles. The Morgan fingerprint density at radius 2 is 2.05 bits per heavy atom. The van der Waals surface area contributed by atoms with E-state index >= 15 is 0 Å². The second kappa shape index (κ2) is 6.84. The fourth-order valence-corrected chi connectivity index (χ4v) is 2.79. The molecule has 7 nitrogen and oxygen atoms in total. The third kappa shape index (κ3) is 4.01. The Bertz CT molecular complexity index is 778. The van der Waals surface area contributed by atoms with E-state index in [2.05, 4.69) is 15.5 Å². The van der Waals surface area contributed by atoms with E-state index in [1.54, 1.807) is 0 Å². The molecule has 1 aromatic carbocycles. The van der Waals surface area contributed by atoms with Crippen LogP contribution in [-0.2, 0) is 26.9 Å². The number of rotatable bonds is 6. The van der Waals surface area contributed by atoms with Crippen molar-refractivity contribution >= 4 is 27.3 Å². The van der Waals surface area contributed by atoms with Crippen LogP contribution in [0.2, 0.25) is 0 Å². The highest BCUT2D eigenvalue weighted by Gasteiger charge is 2.24. The van der Waals surface area contributed by atoms with Crippen LogP contribution in [-0.4, -0.2) is 30.4 Å². The van der Waals surface area contributed by atoms with E-state index in [-0.39, 0.29) is 23.9 Å². The van der Waals surface area contributed by atoms with Gasteiger partial charge in [0.15, 0.2) is 0 Å². The highest BCUT2D eigenvalue weighted by Crippen LogP contribution is 2.17. The van der Waals surface area contributed by atoms with Crippen molar-refractivity contribution in [1.29, 1.82) is 0 Å². The highest BCUT2D eigenvalue weighted by molar-refractivity contribution is 7.90. The molecule has 118 valence electrons. The zero-order valence-corrected chi connectivity index (χ0v) is 12.7.